The van der Waals surface area contributed by atoms with Gasteiger partial charge in [-0.1, -0.05) is 26.0 Å². The third-order valence-corrected chi connectivity index (χ3v) is 2.87. The average Bonchev–Trinajstić information content (AvgIpc) is 2.38. The maximum absolute atomic E-state index is 13.3. The molecule has 0 aromatic heterocycles. The number of rotatable bonds is 3. The first kappa shape index (κ1) is 13.1. The summed E-state index contributed by atoms with van der Waals surface area (Å²) in [6, 6.07) is 14.1. The molecule has 0 spiro atoms. The van der Waals surface area contributed by atoms with E-state index < -0.39 is 5.82 Å². The van der Waals surface area contributed by atoms with E-state index in [0.717, 1.165) is 5.69 Å². The highest BCUT2D eigenvalue weighted by atomic mass is 19.1. The van der Waals surface area contributed by atoms with Gasteiger partial charge >= 0.3 is 0 Å². The number of halogens is 1. The molecule has 2 aromatic rings. The van der Waals surface area contributed by atoms with Crippen molar-refractivity contribution in [3.8, 4) is 6.07 Å². The predicted molar refractivity (Wildman–Crippen MR) is 74.9 cm³/mol. The van der Waals surface area contributed by atoms with Crippen LogP contribution < -0.4 is 5.32 Å². The summed E-state index contributed by atoms with van der Waals surface area (Å²) in [6.07, 6.45) is 0. The van der Waals surface area contributed by atoms with Gasteiger partial charge in [0.1, 0.15) is 5.82 Å². The van der Waals surface area contributed by atoms with Gasteiger partial charge in [0.2, 0.25) is 0 Å². The zero-order valence-electron chi connectivity index (χ0n) is 10.9. The van der Waals surface area contributed by atoms with Gasteiger partial charge in [0.15, 0.2) is 0 Å². The van der Waals surface area contributed by atoms with E-state index in [-0.39, 0.29) is 0 Å². The number of anilines is 2. The molecule has 96 valence electrons. The van der Waals surface area contributed by atoms with Crippen LogP contribution in [0.15, 0.2) is 42.5 Å². The van der Waals surface area contributed by atoms with Gasteiger partial charge in [0.05, 0.1) is 11.6 Å². The van der Waals surface area contributed by atoms with Crippen LogP contribution in [-0.2, 0) is 0 Å². The fourth-order valence-electron chi connectivity index (χ4n) is 1.87. The van der Waals surface area contributed by atoms with Crippen molar-refractivity contribution in [3.63, 3.8) is 0 Å². The molecule has 0 radical (unpaired) electrons. The smallest absolute Gasteiger partial charge is 0.126 e. The van der Waals surface area contributed by atoms with Crippen molar-refractivity contribution in [1.29, 1.82) is 5.26 Å². The van der Waals surface area contributed by atoms with Crippen molar-refractivity contribution >= 4 is 11.4 Å². The first-order valence-electron chi connectivity index (χ1n) is 6.16. The van der Waals surface area contributed by atoms with Crippen molar-refractivity contribution < 1.29 is 4.39 Å². The molecule has 2 aromatic carbocycles. The molecule has 0 aliphatic carbocycles. The molecule has 2 nitrogen and oxygen atoms in total. The summed E-state index contributed by atoms with van der Waals surface area (Å²) in [5, 5.41) is 11.9. The molecule has 19 heavy (non-hydrogen) atoms. The summed E-state index contributed by atoms with van der Waals surface area (Å²) in [5.74, 6) is 0.0190. The van der Waals surface area contributed by atoms with Crippen molar-refractivity contribution in [2.24, 2.45) is 0 Å². The maximum atomic E-state index is 13.3. The Labute approximate surface area is 112 Å². The van der Waals surface area contributed by atoms with E-state index in [1.165, 1.54) is 17.7 Å². The molecule has 0 amide bonds. The van der Waals surface area contributed by atoms with Gasteiger partial charge in [-0.15, -0.1) is 0 Å². The highest BCUT2D eigenvalue weighted by Crippen LogP contribution is 2.23. The number of nitriles is 1. The van der Waals surface area contributed by atoms with Gasteiger partial charge in [0, 0.05) is 11.4 Å². The molecule has 0 bridgehead atoms. The van der Waals surface area contributed by atoms with Gasteiger partial charge in [-0.2, -0.15) is 5.26 Å². The van der Waals surface area contributed by atoms with Crippen molar-refractivity contribution in [3.05, 3.63) is 59.4 Å². The molecule has 0 unspecified atom stereocenters. The maximum Gasteiger partial charge on any atom is 0.126 e. The Morgan fingerprint density at radius 3 is 2.58 bits per heavy atom. The Bertz CT molecular complexity index is 627. The van der Waals surface area contributed by atoms with E-state index in [1.807, 2.05) is 24.3 Å². The summed E-state index contributed by atoms with van der Waals surface area (Å²) in [4.78, 5) is 0. The number of benzene rings is 2. The quantitative estimate of drug-likeness (QED) is 0.871. The Morgan fingerprint density at radius 2 is 1.89 bits per heavy atom. The molecule has 3 heteroatoms. The summed E-state index contributed by atoms with van der Waals surface area (Å²) >= 11 is 0. The van der Waals surface area contributed by atoms with Crippen LogP contribution in [0.2, 0.25) is 0 Å². The first-order chi connectivity index (χ1) is 9.08. The minimum Gasteiger partial charge on any atom is -0.355 e. The average molecular weight is 254 g/mol. The van der Waals surface area contributed by atoms with E-state index in [0.29, 0.717) is 17.2 Å². The minimum atomic E-state index is -0.415. The van der Waals surface area contributed by atoms with E-state index >= 15 is 0 Å². The number of hydrogen-bond donors (Lipinski definition) is 1. The normalized spacial score (nSPS) is 10.3. The molecule has 2 rings (SSSR count). The second-order valence-electron chi connectivity index (χ2n) is 4.75. The van der Waals surface area contributed by atoms with Crippen LogP contribution in [0.25, 0.3) is 0 Å². The van der Waals surface area contributed by atoms with Crippen LogP contribution in [0.3, 0.4) is 0 Å². The van der Waals surface area contributed by atoms with Gasteiger partial charge < -0.3 is 5.32 Å². The van der Waals surface area contributed by atoms with E-state index in [9.17, 15) is 4.39 Å². The SMILES string of the molecule is CC(C)c1cccc(Nc2cc(F)cc(C#N)c2)c1. The molecule has 0 atom stereocenters. The molecule has 0 heterocycles. The topological polar surface area (TPSA) is 35.8 Å². The second-order valence-corrected chi connectivity index (χ2v) is 4.75. The van der Waals surface area contributed by atoms with E-state index in [1.54, 1.807) is 6.07 Å². The molecule has 0 saturated heterocycles. The molecule has 0 aliphatic heterocycles. The monoisotopic (exact) mass is 254 g/mol. The lowest BCUT2D eigenvalue weighted by Gasteiger charge is -2.10. The Morgan fingerprint density at radius 1 is 1.11 bits per heavy atom. The summed E-state index contributed by atoms with van der Waals surface area (Å²) in [5.41, 5.74) is 2.99. The molecule has 0 saturated carbocycles. The van der Waals surface area contributed by atoms with Crippen molar-refractivity contribution in [1.82, 2.24) is 0 Å². The summed E-state index contributed by atoms with van der Waals surface area (Å²) in [6.45, 7) is 4.24. The van der Waals surface area contributed by atoms with Gasteiger partial charge in [-0.05, 0) is 41.8 Å². The first-order valence-corrected chi connectivity index (χ1v) is 6.16. The van der Waals surface area contributed by atoms with Crippen LogP contribution in [0, 0.1) is 17.1 Å². The van der Waals surface area contributed by atoms with Crippen LogP contribution >= 0.6 is 0 Å². The number of nitrogens with one attached hydrogen (secondary N) is 1. The van der Waals surface area contributed by atoms with Gasteiger partial charge in [-0.25, -0.2) is 4.39 Å². The number of hydrogen-bond acceptors (Lipinski definition) is 2. The van der Waals surface area contributed by atoms with E-state index in [4.69, 9.17) is 5.26 Å². The lowest BCUT2D eigenvalue weighted by atomic mass is 10.0. The lowest BCUT2D eigenvalue weighted by Crippen LogP contribution is -1.94. The molecule has 0 aliphatic rings. The molecular formula is C16H15FN2. The molecular weight excluding hydrogens is 239 g/mol. The zero-order chi connectivity index (χ0) is 13.8. The predicted octanol–water partition coefficient (Wildman–Crippen LogP) is 4.56. The third kappa shape index (κ3) is 3.32. The zero-order valence-corrected chi connectivity index (χ0v) is 10.9. The second kappa shape index (κ2) is 5.53. The van der Waals surface area contributed by atoms with Crippen LogP contribution in [0.4, 0.5) is 15.8 Å². The fourth-order valence-corrected chi connectivity index (χ4v) is 1.87. The molecule has 0 fully saturated rings. The van der Waals surface area contributed by atoms with Crippen LogP contribution in [0.1, 0.15) is 30.9 Å². The summed E-state index contributed by atoms with van der Waals surface area (Å²) < 4.78 is 13.3. The highest BCUT2D eigenvalue weighted by molar-refractivity contribution is 5.62. The minimum absolute atomic E-state index is 0.308. The summed E-state index contributed by atoms with van der Waals surface area (Å²) in [7, 11) is 0. The van der Waals surface area contributed by atoms with Crippen LogP contribution in [0.5, 0.6) is 0 Å². The largest absolute Gasteiger partial charge is 0.355 e. The fraction of sp³-hybridized carbons (Fsp3) is 0.188. The highest BCUT2D eigenvalue weighted by Gasteiger charge is 2.03. The standard InChI is InChI=1S/C16H15FN2/c1-11(2)13-4-3-5-15(8-13)19-16-7-12(10-18)6-14(17)9-16/h3-9,11,19H,1-2H3. The van der Waals surface area contributed by atoms with Crippen molar-refractivity contribution in [2.45, 2.75) is 19.8 Å². The number of nitrogens with zero attached hydrogens (tertiary/aromatic N) is 1. The van der Waals surface area contributed by atoms with E-state index in [2.05, 4.69) is 25.2 Å². The Kier molecular flexibility index (Phi) is 3.82. The van der Waals surface area contributed by atoms with Gasteiger partial charge in [0.25, 0.3) is 0 Å². The lowest BCUT2D eigenvalue weighted by molar-refractivity contribution is 0.628. The van der Waals surface area contributed by atoms with Crippen LogP contribution in [-0.4, -0.2) is 0 Å². The molecule has 1 N–H and O–H groups in total. The third-order valence-electron chi connectivity index (χ3n) is 2.87. The van der Waals surface area contributed by atoms with Gasteiger partial charge in [-0.3, -0.25) is 0 Å². The Hall–Kier alpha value is -2.34. The Balaban J connectivity index is 2.28. The van der Waals surface area contributed by atoms with Crippen molar-refractivity contribution in [2.75, 3.05) is 5.32 Å².